The Hall–Kier alpha value is -3.46. The fourth-order valence-corrected chi connectivity index (χ4v) is 3.05. The molecule has 0 atom stereocenters. The first kappa shape index (κ1) is 16.0. The predicted octanol–water partition coefficient (Wildman–Crippen LogP) is 4.07. The average Bonchev–Trinajstić information content (AvgIpc) is 3.28. The average molecular weight is 345 g/mol. The molecule has 0 fully saturated rings. The number of hydrogen-bond acceptors (Lipinski definition) is 3. The van der Waals surface area contributed by atoms with Gasteiger partial charge in [0, 0.05) is 30.9 Å². The van der Waals surface area contributed by atoms with Crippen molar-refractivity contribution in [2.45, 2.75) is 19.4 Å². The Morgan fingerprint density at radius 2 is 2.12 bits per heavy atom. The molecule has 0 aliphatic heterocycles. The standard InChI is InChI=1S/C20H16FN5/c21-16-6-7-17-18(12-16)25-19(24-17)5-2-9-26-10-8-23-20(26)15-4-1-3-14(11-15)13-22/h1,3-4,6-8,10-12H,2,5,9H2,(H,24,25). The Balaban J connectivity index is 1.47. The first-order valence-corrected chi connectivity index (χ1v) is 8.39. The fourth-order valence-electron chi connectivity index (χ4n) is 3.05. The molecule has 4 rings (SSSR count). The number of aromatic nitrogens is 4. The number of fused-ring (bicyclic) bond motifs is 1. The number of nitrogens with zero attached hydrogens (tertiary/aromatic N) is 4. The molecule has 6 heteroatoms. The minimum Gasteiger partial charge on any atom is -0.342 e. The van der Waals surface area contributed by atoms with Crippen LogP contribution >= 0.6 is 0 Å². The summed E-state index contributed by atoms with van der Waals surface area (Å²) >= 11 is 0. The minimum atomic E-state index is -0.268. The molecule has 0 aliphatic rings. The molecular formula is C20H16FN5. The van der Waals surface area contributed by atoms with E-state index in [1.54, 1.807) is 18.3 Å². The molecule has 0 bridgehead atoms. The molecule has 0 spiro atoms. The Labute approximate surface area is 149 Å². The van der Waals surface area contributed by atoms with E-state index in [0.29, 0.717) is 5.56 Å². The number of H-pyrrole nitrogens is 1. The van der Waals surface area contributed by atoms with Crippen LogP contribution in [0.4, 0.5) is 4.39 Å². The van der Waals surface area contributed by atoms with Crippen LogP contribution in [0.5, 0.6) is 0 Å². The molecule has 26 heavy (non-hydrogen) atoms. The molecule has 0 saturated heterocycles. The van der Waals surface area contributed by atoms with Crippen LogP contribution in [0.3, 0.4) is 0 Å². The summed E-state index contributed by atoms with van der Waals surface area (Å²) in [6.07, 6.45) is 5.32. The SMILES string of the molecule is N#Cc1cccc(-c2nccn2CCCc2nc3ccc(F)cc3[nH]2)c1. The van der Waals surface area contributed by atoms with Crippen molar-refractivity contribution in [1.29, 1.82) is 5.26 Å². The van der Waals surface area contributed by atoms with Gasteiger partial charge >= 0.3 is 0 Å². The van der Waals surface area contributed by atoms with E-state index in [1.807, 2.05) is 24.4 Å². The summed E-state index contributed by atoms with van der Waals surface area (Å²) in [5, 5.41) is 9.06. The monoisotopic (exact) mass is 345 g/mol. The topological polar surface area (TPSA) is 70.3 Å². The zero-order valence-electron chi connectivity index (χ0n) is 14.0. The van der Waals surface area contributed by atoms with Crippen LogP contribution in [0.1, 0.15) is 17.8 Å². The van der Waals surface area contributed by atoms with Crippen LogP contribution in [0, 0.1) is 17.1 Å². The molecule has 5 nitrogen and oxygen atoms in total. The van der Waals surface area contributed by atoms with Crippen molar-refractivity contribution in [3.63, 3.8) is 0 Å². The van der Waals surface area contributed by atoms with E-state index in [4.69, 9.17) is 5.26 Å². The van der Waals surface area contributed by atoms with Crippen LogP contribution in [-0.4, -0.2) is 19.5 Å². The van der Waals surface area contributed by atoms with E-state index in [9.17, 15) is 4.39 Å². The summed E-state index contributed by atoms with van der Waals surface area (Å²) < 4.78 is 15.3. The number of rotatable bonds is 5. The maximum absolute atomic E-state index is 13.3. The van der Waals surface area contributed by atoms with Crippen LogP contribution < -0.4 is 0 Å². The summed E-state index contributed by atoms with van der Waals surface area (Å²) in [4.78, 5) is 12.1. The molecule has 128 valence electrons. The molecule has 4 aromatic rings. The third kappa shape index (κ3) is 3.20. The molecule has 2 aromatic carbocycles. The van der Waals surface area contributed by atoms with Crippen LogP contribution in [-0.2, 0) is 13.0 Å². The van der Waals surface area contributed by atoms with E-state index < -0.39 is 0 Å². The van der Waals surface area contributed by atoms with Gasteiger partial charge in [0.15, 0.2) is 0 Å². The van der Waals surface area contributed by atoms with Crippen LogP contribution in [0.15, 0.2) is 54.9 Å². The molecule has 0 amide bonds. The van der Waals surface area contributed by atoms with Crippen molar-refractivity contribution in [1.82, 2.24) is 19.5 Å². The van der Waals surface area contributed by atoms with Crippen molar-refractivity contribution in [2.75, 3.05) is 0 Å². The lowest BCUT2D eigenvalue weighted by Gasteiger charge is -2.07. The quantitative estimate of drug-likeness (QED) is 0.593. The molecule has 0 radical (unpaired) electrons. The van der Waals surface area contributed by atoms with Crippen molar-refractivity contribution < 1.29 is 4.39 Å². The second-order valence-electron chi connectivity index (χ2n) is 6.09. The third-order valence-corrected chi connectivity index (χ3v) is 4.27. The van der Waals surface area contributed by atoms with Gasteiger partial charge in [0.05, 0.1) is 22.7 Å². The third-order valence-electron chi connectivity index (χ3n) is 4.27. The van der Waals surface area contributed by atoms with Gasteiger partial charge in [-0.2, -0.15) is 5.26 Å². The summed E-state index contributed by atoms with van der Waals surface area (Å²) in [6, 6.07) is 14.1. The second kappa shape index (κ2) is 6.81. The van der Waals surface area contributed by atoms with Gasteiger partial charge < -0.3 is 9.55 Å². The Kier molecular flexibility index (Phi) is 4.20. The maximum Gasteiger partial charge on any atom is 0.139 e. The molecule has 2 aromatic heterocycles. The summed E-state index contributed by atoms with van der Waals surface area (Å²) in [7, 11) is 0. The lowest BCUT2D eigenvalue weighted by molar-refractivity contribution is 0.629. The van der Waals surface area contributed by atoms with Gasteiger partial charge in [0.2, 0.25) is 0 Å². The summed E-state index contributed by atoms with van der Waals surface area (Å²) in [6.45, 7) is 0.775. The Morgan fingerprint density at radius 1 is 1.19 bits per heavy atom. The molecule has 2 heterocycles. The first-order chi connectivity index (χ1) is 12.7. The van der Waals surface area contributed by atoms with Crippen molar-refractivity contribution in [3.8, 4) is 17.5 Å². The number of aromatic amines is 1. The van der Waals surface area contributed by atoms with Crippen molar-refractivity contribution in [3.05, 3.63) is 72.1 Å². The predicted molar refractivity (Wildman–Crippen MR) is 96.8 cm³/mol. The van der Waals surface area contributed by atoms with Gasteiger partial charge in [0.1, 0.15) is 17.5 Å². The zero-order chi connectivity index (χ0) is 17.9. The highest BCUT2D eigenvalue weighted by atomic mass is 19.1. The van der Waals surface area contributed by atoms with Gasteiger partial charge in [-0.05, 0) is 36.8 Å². The van der Waals surface area contributed by atoms with Crippen LogP contribution in [0.2, 0.25) is 0 Å². The van der Waals surface area contributed by atoms with E-state index in [0.717, 1.165) is 47.6 Å². The molecule has 0 unspecified atom stereocenters. The Bertz CT molecular complexity index is 1100. The molecule has 1 N–H and O–H groups in total. The number of nitrogens with one attached hydrogen (secondary N) is 1. The minimum absolute atomic E-state index is 0.268. The second-order valence-corrected chi connectivity index (χ2v) is 6.09. The molecule has 0 saturated carbocycles. The van der Waals surface area contributed by atoms with E-state index in [-0.39, 0.29) is 5.82 Å². The lowest BCUT2D eigenvalue weighted by atomic mass is 10.1. The molecular weight excluding hydrogens is 329 g/mol. The fraction of sp³-hybridized carbons (Fsp3) is 0.150. The number of aryl methyl sites for hydroxylation is 2. The number of halogens is 1. The van der Waals surface area contributed by atoms with E-state index in [2.05, 4.69) is 25.6 Å². The first-order valence-electron chi connectivity index (χ1n) is 8.39. The lowest BCUT2D eigenvalue weighted by Crippen LogP contribution is -2.02. The largest absolute Gasteiger partial charge is 0.342 e. The molecule has 0 aliphatic carbocycles. The highest BCUT2D eigenvalue weighted by Gasteiger charge is 2.08. The number of nitriles is 1. The van der Waals surface area contributed by atoms with Gasteiger partial charge in [0.25, 0.3) is 0 Å². The van der Waals surface area contributed by atoms with Gasteiger partial charge in [-0.3, -0.25) is 0 Å². The van der Waals surface area contributed by atoms with Gasteiger partial charge in [-0.25, -0.2) is 14.4 Å². The van der Waals surface area contributed by atoms with E-state index in [1.165, 1.54) is 12.1 Å². The zero-order valence-corrected chi connectivity index (χ0v) is 14.0. The van der Waals surface area contributed by atoms with Crippen molar-refractivity contribution in [2.24, 2.45) is 0 Å². The van der Waals surface area contributed by atoms with Gasteiger partial charge in [-0.1, -0.05) is 12.1 Å². The number of benzene rings is 2. The summed E-state index contributed by atoms with van der Waals surface area (Å²) in [5.41, 5.74) is 3.04. The highest BCUT2D eigenvalue weighted by molar-refractivity contribution is 5.74. The normalized spacial score (nSPS) is 10.9. The van der Waals surface area contributed by atoms with Crippen molar-refractivity contribution >= 4 is 11.0 Å². The van der Waals surface area contributed by atoms with Crippen LogP contribution in [0.25, 0.3) is 22.4 Å². The number of imidazole rings is 2. The highest BCUT2D eigenvalue weighted by Crippen LogP contribution is 2.19. The summed E-state index contributed by atoms with van der Waals surface area (Å²) in [5.74, 6) is 1.42. The smallest absolute Gasteiger partial charge is 0.139 e. The van der Waals surface area contributed by atoms with Gasteiger partial charge in [-0.15, -0.1) is 0 Å². The maximum atomic E-state index is 13.3. The van der Waals surface area contributed by atoms with E-state index >= 15 is 0 Å². The Morgan fingerprint density at radius 3 is 3.00 bits per heavy atom. The number of hydrogen-bond donors (Lipinski definition) is 1.